The molecule has 0 saturated heterocycles. The summed E-state index contributed by atoms with van der Waals surface area (Å²) in [6, 6.07) is 3.96. The Morgan fingerprint density at radius 1 is 1.45 bits per heavy atom. The van der Waals surface area contributed by atoms with Crippen molar-refractivity contribution >= 4 is 23.2 Å². The van der Waals surface area contributed by atoms with E-state index < -0.39 is 11.7 Å². The van der Waals surface area contributed by atoms with E-state index in [1.165, 1.54) is 18.2 Å². The van der Waals surface area contributed by atoms with E-state index in [4.69, 9.17) is 16.0 Å². The molecule has 1 heterocycles. The van der Waals surface area contributed by atoms with Crippen LogP contribution in [0.25, 0.3) is 0 Å². The topological polar surface area (TPSA) is 55.1 Å². The Labute approximate surface area is 121 Å². The summed E-state index contributed by atoms with van der Waals surface area (Å²) in [5.41, 5.74) is 0.615. The van der Waals surface area contributed by atoms with Gasteiger partial charge in [0.1, 0.15) is 11.6 Å². The minimum atomic E-state index is -0.538. The van der Waals surface area contributed by atoms with Gasteiger partial charge < -0.3 is 9.73 Å². The molecule has 6 heteroatoms. The first kappa shape index (κ1) is 14.5. The maximum atomic E-state index is 13.0. The third kappa shape index (κ3) is 2.99. The molecule has 0 bridgehead atoms. The predicted octanol–water partition coefficient (Wildman–Crippen LogP) is 4.15. The smallest absolute Gasteiger partial charge is 0.277 e. The molecule has 0 aliphatic rings. The van der Waals surface area contributed by atoms with E-state index in [1.807, 2.05) is 13.8 Å². The predicted molar refractivity (Wildman–Crippen MR) is 74.7 cm³/mol. The molecule has 1 aromatic carbocycles. The lowest BCUT2D eigenvalue weighted by molar-refractivity contribution is 0.102. The fraction of sp³-hybridized carbons (Fsp3) is 0.286. The molecule has 2 aromatic rings. The van der Waals surface area contributed by atoms with Crippen LogP contribution in [0.2, 0.25) is 5.02 Å². The van der Waals surface area contributed by atoms with Gasteiger partial charge in [-0.1, -0.05) is 25.4 Å². The fourth-order valence-corrected chi connectivity index (χ4v) is 1.82. The summed E-state index contributed by atoms with van der Waals surface area (Å²) < 4.78 is 18.5. The number of anilines is 1. The van der Waals surface area contributed by atoms with Crippen LogP contribution in [0.4, 0.5) is 10.1 Å². The van der Waals surface area contributed by atoms with Gasteiger partial charge in [-0.3, -0.25) is 4.79 Å². The highest BCUT2D eigenvalue weighted by Crippen LogP contribution is 2.21. The lowest BCUT2D eigenvalue weighted by Gasteiger charge is -2.04. The molecule has 1 aromatic heterocycles. The monoisotopic (exact) mass is 296 g/mol. The van der Waals surface area contributed by atoms with Gasteiger partial charge in [0.05, 0.1) is 5.02 Å². The molecule has 0 aliphatic heterocycles. The Bertz CT molecular complexity index is 653. The number of oxazole rings is 1. The number of nitrogens with zero attached hydrogens (tertiary/aromatic N) is 1. The minimum Gasteiger partial charge on any atom is -0.445 e. The zero-order chi connectivity index (χ0) is 14.9. The number of aromatic nitrogens is 1. The molecule has 1 amide bonds. The van der Waals surface area contributed by atoms with E-state index in [-0.39, 0.29) is 16.6 Å². The maximum Gasteiger partial charge on any atom is 0.277 e. The van der Waals surface area contributed by atoms with Crippen molar-refractivity contribution in [3.63, 3.8) is 0 Å². The van der Waals surface area contributed by atoms with E-state index in [0.29, 0.717) is 17.3 Å². The number of aryl methyl sites for hydroxylation is 1. The summed E-state index contributed by atoms with van der Waals surface area (Å²) in [6.45, 7) is 5.52. The molecule has 2 rings (SSSR count). The molecule has 106 valence electrons. The molecule has 4 nitrogen and oxygen atoms in total. The number of hydrogen-bond donors (Lipinski definition) is 1. The molecular formula is C14H14ClFN2O2. The number of benzene rings is 1. The zero-order valence-corrected chi connectivity index (χ0v) is 12.1. The van der Waals surface area contributed by atoms with Crippen LogP contribution in [0.5, 0.6) is 0 Å². The van der Waals surface area contributed by atoms with E-state index >= 15 is 0 Å². The number of amides is 1. The van der Waals surface area contributed by atoms with Crippen molar-refractivity contribution in [2.75, 3.05) is 5.32 Å². The highest BCUT2D eigenvalue weighted by atomic mass is 35.5. The SMILES string of the molecule is Cc1oc(C(C)C)nc1C(=O)Nc1ccc(F)c(Cl)c1. The molecule has 0 aliphatic carbocycles. The first-order valence-electron chi connectivity index (χ1n) is 6.12. The van der Waals surface area contributed by atoms with E-state index in [9.17, 15) is 9.18 Å². The highest BCUT2D eigenvalue weighted by Gasteiger charge is 2.19. The van der Waals surface area contributed by atoms with E-state index in [1.54, 1.807) is 6.92 Å². The van der Waals surface area contributed by atoms with E-state index in [0.717, 1.165) is 0 Å². The number of halogens is 2. The van der Waals surface area contributed by atoms with Gasteiger partial charge in [-0.25, -0.2) is 9.37 Å². The van der Waals surface area contributed by atoms with Crippen LogP contribution in [0.15, 0.2) is 22.6 Å². The molecular weight excluding hydrogens is 283 g/mol. The maximum absolute atomic E-state index is 13.0. The van der Waals surface area contributed by atoms with Gasteiger partial charge >= 0.3 is 0 Å². The van der Waals surface area contributed by atoms with Crippen LogP contribution in [0.1, 0.15) is 41.9 Å². The summed E-state index contributed by atoms with van der Waals surface area (Å²) in [6.07, 6.45) is 0. The molecule has 20 heavy (non-hydrogen) atoms. The van der Waals surface area contributed by atoms with E-state index in [2.05, 4.69) is 10.3 Å². The number of nitrogens with one attached hydrogen (secondary N) is 1. The Kier molecular flexibility index (Phi) is 4.09. The van der Waals surface area contributed by atoms with Gasteiger partial charge in [-0.2, -0.15) is 0 Å². The van der Waals surface area contributed by atoms with Gasteiger partial charge in [0.2, 0.25) is 0 Å². The molecule has 0 radical (unpaired) electrons. The normalized spacial score (nSPS) is 10.9. The summed E-state index contributed by atoms with van der Waals surface area (Å²) in [4.78, 5) is 16.3. The summed E-state index contributed by atoms with van der Waals surface area (Å²) in [5.74, 6) is 0.0879. The fourth-order valence-electron chi connectivity index (χ4n) is 1.64. The summed E-state index contributed by atoms with van der Waals surface area (Å²) >= 11 is 5.66. The minimum absolute atomic E-state index is 0.0532. The number of carbonyl (C=O) groups is 1. The lowest BCUT2D eigenvalue weighted by atomic mass is 10.2. The van der Waals surface area contributed by atoms with Crippen molar-refractivity contribution < 1.29 is 13.6 Å². The summed E-state index contributed by atoms with van der Waals surface area (Å²) in [7, 11) is 0. The van der Waals surface area contributed by atoms with Crippen LogP contribution in [0, 0.1) is 12.7 Å². The Hall–Kier alpha value is -1.88. The first-order chi connectivity index (χ1) is 9.38. The number of rotatable bonds is 3. The van der Waals surface area contributed by atoms with Crippen LogP contribution < -0.4 is 5.32 Å². The lowest BCUT2D eigenvalue weighted by Crippen LogP contribution is -2.13. The van der Waals surface area contributed by atoms with Crippen molar-refractivity contribution in [1.29, 1.82) is 0 Å². The van der Waals surface area contributed by atoms with Crippen LogP contribution in [-0.4, -0.2) is 10.9 Å². The van der Waals surface area contributed by atoms with Crippen molar-refractivity contribution in [3.05, 3.63) is 46.4 Å². The second-order valence-electron chi connectivity index (χ2n) is 4.69. The zero-order valence-electron chi connectivity index (χ0n) is 11.3. The highest BCUT2D eigenvalue weighted by molar-refractivity contribution is 6.31. The van der Waals surface area contributed by atoms with Crippen molar-refractivity contribution in [2.45, 2.75) is 26.7 Å². The third-order valence-corrected chi connectivity index (χ3v) is 2.99. The molecule has 0 saturated carbocycles. The van der Waals surface area contributed by atoms with Crippen molar-refractivity contribution in [1.82, 2.24) is 4.98 Å². The van der Waals surface area contributed by atoms with Gasteiger partial charge in [-0.15, -0.1) is 0 Å². The average Bonchev–Trinajstić information content (AvgIpc) is 2.76. The Morgan fingerprint density at radius 3 is 2.70 bits per heavy atom. The van der Waals surface area contributed by atoms with Crippen molar-refractivity contribution in [3.8, 4) is 0 Å². The second-order valence-corrected chi connectivity index (χ2v) is 5.10. The standard InChI is InChI=1S/C14H14ClFN2O2/c1-7(2)14-18-12(8(3)20-14)13(19)17-9-4-5-11(16)10(15)6-9/h4-7H,1-3H3,(H,17,19). The van der Waals surface area contributed by atoms with Gasteiger partial charge in [0.15, 0.2) is 11.6 Å². The summed E-state index contributed by atoms with van der Waals surface area (Å²) in [5, 5.41) is 2.55. The number of carbonyl (C=O) groups excluding carboxylic acids is 1. The first-order valence-corrected chi connectivity index (χ1v) is 6.50. The Balaban J connectivity index is 2.21. The van der Waals surface area contributed by atoms with Gasteiger partial charge in [-0.05, 0) is 25.1 Å². The third-order valence-electron chi connectivity index (χ3n) is 2.70. The molecule has 0 spiro atoms. The Morgan fingerprint density at radius 2 is 2.15 bits per heavy atom. The quantitative estimate of drug-likeness (QED) is 0.925. The average molecular weight is 297 g/mol. The van der Waals surface area contributed by atoms with Crippen molar-refractivity contribution in [2.24, 2.45) is 0 Å². The largest absolute Gasteiger partial charge is 0.445 e. The van der Waals surface area contributed by atoms with Crippen LogP contribution in [0.3, 0.4) is 0 Å². The second kappa shape index (κ2) is 5.63. The molecule has 0 unspecified atom stereocenters. The number of hydrogen-bond acceptors (Lipinski definition) is 3. The van der Waals surface area contributed by atoms with Crippen LogP contribution >= 0.6 is 11.6 Å². The van der Waals surface area contributed by atoms with Gasteiger partial charge in [0, 0.05) is 11.6 Å². The molecule has 0 atom stereocenters. The molecule has 0 fully saturated rings. The van der Waals surface area contributed by atoms with Gasteiger partial charge in [0.25, 0.3) is 5.91 Å². The van der Waals surface area contributed by atoms with Crippen LogP contribution in [-0.2, 0) is 0 Å². The molecule has 1 N–H and O–H groups in total.